The van der Waals surface area contributed by atoms with Crippen molar-refractivity contribution in [3.63, 3.8) is 0 Å². The molecule has 1 aliphatic heterocycles. The Morgan fingerprint density at radius 3 is 2.74 bits per heavy atom. The van der Waals surface area contributed by atoms with Crippen LogP contribution in [0, 0.1) is 0 Å². The number of ether oxygens (including phenoxy) is 2. The van der Waals surface area contributed by atoms with Crippen molar-refractivity contribution in [3.8, 4) is 11.5 Å². The molecule has 1 aliphatic rings. The van der Waals surface area contributed by atoms with Crippen LogP contribution in [-0.2, 0) is 6.42 Å². The molecule has 2 aromatic rings. The summed E-state index contributed by atoms with van der Waals surface area (Å²) in [5.74, 6) is 0.950. The fourth-order valence-corrected chi connectivity index (χ4v) is 2.11. The van der Waals surface area contributed by atoms with Crippen molar-refractivity contribution in [1.82, 2.24) is 0 Å². The molecular formula is C15H11ClO3. The van der Waals surface area contributed by atoms with E-state index in [1.165, 1.54) is 0 Å². The molecule has 0 aliphatic carbocycles. The molecule has 0 fully saturated rings. The SMILES string of the molecule is O=C(Oc1ccc(Cl)cc1)c1ccc2c(c1)CCO2. The quantitative estimate of drug-likeness (QED) is 0.621. The van der Waals surface area contributed by atoms with Crippen LogP contribution in [0.1, 0.15) is 15.9 Å². The molecule has 0 spiro atoms. The lowest BCUT2D eigenvalue weighted by molar-refractivity contribution is 0.0734. The number of hydrogen-bond donors (Lipinski definition) is 0. The first-order valence-electron chi connectivity index (χ1n) is 5.96. The number of benzene rings is 2. The molecule has 96 valence electrons. The second-order valence-corrected chi connectivity index (χ2v) is 4.70. The Labute approximate surface area is 115 Å². The van der Waals surface area contributed by atoms with Crippen LogP contribution in [-0.4, -0.2) is 12.6 Å². The fraction of sp³-hybridized carbons (Fsp3) is 0.133. The Morgan fingerprint density at radius 2 is 1.95 bits per heavy atom. The number of carbonyl (C=O) groups excluding carboxylic acids is 1. The van der Waals surface area contributed by atoms with Crippen LogP contribution < -0.4 is 9.47 Å². The highest BCUT2D eigenvalue weighted by molar-refractivity contribution is 6.30. The average molecular weight is 275 g/mol. The molecule has 0 amide bonds. The van der Waals surface area contributed by atoms with Gasteiger partial charge in [0.25, 0.3) is 0 Å². The van der Waals surface area contributed by atoms with E-state index in [9.17, 15) is 4.79 Å². The molecule has 19 heavy (non-hydrogen) atoms. The van der Waals surface area contributed by atoms with Gasteiger partial charge in [0.15, 0.2) is 0 Å². The standard InChI is InChI=1S/C15H11ClO3/c16-12-2-4-13(5-3-12)19-15(17)11-1-6-14-10(9-11)7-8-18-14/h1-6,9H,7-8H2. The van der Waals surface area contributed by atoms with Crippen molar-refractivity contribution in [1.29, 1.82) is 0 Å². The van der Waals surface area contributed by atoms with Gasteiger partial charge in [0.05, 0.1) is 12.2 Å². The number of hydrogen-bond acceptors (Lipinski definition) is 3. The molecule has 3 nitrogen and oxygen atoms in total. The molecule has 0 atom stereocenters. The summed E-state index contributed by atoms with van der Waals surface area (Å²) in [7, 11) is 0. The number of esters is 1. The third-order valence-corrected chi connectivity index (χ3v) is 3.20. The highest BCUT2D eigenvalue weighted by atomic mass is 35.5. The van der Waals surface area contributed by atoms with Gasteiger partial charge < -0.3 is 9.47 Å². The zero-order valence-electron chi connectivity index (χ0n) is 10.1. The first-order chi connectivity index (χ1) is 9.22. The summed E-state index contributed by atoms with van der Waals surface area (Å²) in [6, 6.07) is 12.0. The molecule has 0 unspecified atom stereocenters. The second-order valence-electron chi connectivity index (χ2n) is 4.26. The number of fused-ring (bicyclic) bond motifs is 1. The molecule has 0 saturated heterocycles. The lowest BCUT2D eigenvalue weighted by Crippen LogP contribution is -2.08. The van der Waals surface area contributed by atoms with Gasteiger partial charge in [-0.3, -0.25) is 0 Å². The monoisotopic (exact) mass is 274 g/mol. The number of halogens is 1. The summed E-state index contributed by atoms with van der Waals surface area (Å²) in [5.41, 5.74) is 1.57. The minimum atomic E-state index is -0.378. The van der Waals surface area contributed by atoms with Crippen molar-refractivity contribution in [3.05, 3.63) is 58.6 Å². The predicted molar refractivity (Wildman–Crippen MR) is 72.1 cm³/mol. The largest absolute Gasteiger partial charge is 0.493 e. The third-order valence-electron chi connectivity index (χ3n) is 2.95. The van der Waals surface area contributed by atoms with Gasteiger partial charge in [-0.25, -0.2) is 4.79 Å². The van der Waals surface area contributed by atoms with Gasteiger partial charge in [0, 0.05) is 11.4 Å². The summed E-state index contributed by atoms with van der Waals surface area (Å²) in [6.07, 6.45) is 0.831. The Morgan fingerprint density at radius 1 is 1.16 bits per heavy atom. The molecule has 0 bridgehead atoms. The Bertz CT molecular complexity index is 620. The van der Waals surface area contributed by atoms with Crippen molar-refractivity contribution in [2.24, 2.45) is 0 Å². The van der Waals surface area contributed by atoms with Crippen LogP contribution in [0.3, 0.4) is 0 Å². The molecule has 0 N–H and O–H groups in total. The van der Waals surface area contributed by atoms with Gasteiger partial charge in [-0.2, -0.15) is 0 Å². The molecular weight excluding hydrogens is 264 g/mol. The zero-order chi connectivity index (χ0) is 13.2. The van der Waals surface area contributed by atoms with Crippen LogP contribution in [0.5, 0.6) is 11.5 Å². The van der Waals surface area contributed by atoms with Gasteiger partial charge in [-0.15, -0.1) is 0 Å². The zero-order valence-corrected chi connectivity index (χ0v) is 10.8. The van der Waals surface area contributed by atoms with E-state index in [0.29, 0.717) is 22.9 Å². The first-order valence-corrected chi connectivity index (χ1v) is 6.34. The minimum absolute atomic E-state index is 0.378. The van der Waals surface area contributed by atoms with Crippen molar-refractivity contribution >= 4 is 17.6 Å². The lowest BCUT2D eigenvalue weighted by Gasteiger charge is -2.05. The van der Waals surface area contributed by atoms with Crippen molar-refractivity contribution in [2.45, 2.75) is 6.42 Å². The molecule has 4 heteroatoms. The second kappa shape index (κ2) is 4.94. The van der Waals surface area contributed by atoms with Gasteiger partial charge in [-0.05, 0) is 48.0 Å². The van der Waals surface area contributed by atoms with E-state index in [1.807, 2.05) is 6.07 Å². The topological polar surface area (TPSA) is 35.5 Å². The summed E-state index contributed by atoms with van der Waals surface area (Å²) in [4.78, 5) is 12.0. The fourth-order valence-electron chi connectivity index (χ4n) is 1.98. The highest BCUT2D eigenvalue weighted by Crippen LogP contribution is 2.26. The lowest BCUT2D eigenvalue weighted by atomic mass is 10.1. The Balaban J connectivity index is 1.78. The van der Waals surface area contributed by atoms with Gasteiger partial charge in [0.1, 0.15) is 11.5 Å². The summed E-state index contributed by atoms with van der Waals surface area (Å²) >= 11 is 5.77. The maximum absolute atomic E-state index is 12.0. The Kier molecular flexibility index (Phi) is 3.13. The third kappa shape index (κ3) is 2.56. The smallest absolute Gasteiger partial charge is 0.343 e. The summed E-state index contributed by atoms with van der Waals surface area (Å²) in [6.45, 7) is 0.672. The molecule has 1 heterocycles. The van der Waals surface area contributed by atoms with E-state index in [-0.39, 0.29) is 5.97 Å². The van der Waals surface area contributed by atoms with E-state index in [0.717, 1.165) is 17.7 Å². The van der Waals surface area contributed by atoms with Crippen LogP contribution in [0.2, 0.25) is 5.02 Å². The molecule has 0 radical (unpaired) electrons. The molecule has 0 aromatic heterocycles. The van der Waals surface area contributed by atoms with Crippen molar-refractivity contribution in [2.75, 3.05) is 6.61 Å². The highest BCUT2D eigenvalue weighted by Gasteiger charge is 2.16. The first kappa shape index (κ1) is 12.1. The maximum atomic E-state index is 12.0. The van der Waals surface area contributed by atoms with Crippen LogP contribution in [0.25, 0.3) is 0 Å². The predicted octanol–water partition coefficient (Wildman–Crippen LogP) is 3.49. The van der Waals surface area contributed by atoms with Crippen molar-refractivity contribution < 1.29 is 14.3 Å². The Hall–Kier alpha value is -2.00. The van der Waals surface area contributed by atoms with Gasteiger partial charge >= 0.3 is 5.97 Å². The summed E-state index contributed by atoms with van der Waals surface area (Å²) < 4.78 is 10.7. The maximum Gasteiger partial charge on any atom is 0.343 e. The minimum Gasteiger partial charge on any atom is -0.493 e. The van der Waals surface area contributed by atoms with E-state index < -0.39 is 0 Å². The number of rotatable bonds is 2. The summed E-state index contributed by atoms with van der Waals surface area (Å²) in [5, 5.41) is 0.606. The van der Waals surface area contributed by atoms with Gasteiger partial charge in [-0.1, -0.05) is 11.6 Å². The molecule has 0 saturated carbocycles. The van der Waals surface area contributed by atoms with Crippen LogP contribution in [0.4, 0.5) is 0 Å². The van der Waals surface area contributed by atoms with E-state index in [2.05, 4.69) is 0 Å². The van der Waals surface area contributed by atoms with Crippen LogP contribution >= 0.6 is 11.6 Å². The van der Waals surface area contributed by atoms with E-state index in [4.69, 9.17) is 21.1 Å². The molecule has 3 rings (SSSR count). The molecule has 2 aromatic carbocycles. The van der Waals surface area contributed by atoms with E-state index >= 15 is 0 Å². The normalized spacial score (nSPS) is 12.7. The van der Waals surface area contributed by atoms with Gasteiger partial charge in [0.2, 0.25) is 0 Å². The van der Waals surface area contributed by atoms with Crippen LogP contribution in [0.15, 0.2) is 42.5 Å². The van der Waals surface area contributed by atoms with E-state index in [1.54, 1.807) is 36.4 Å². The number of carbonyl (C=O) groups is 1. The average Bonchev–Trinajstić information content (AvgIpc) is 2.88.